The number of fused-ring (bicyclic) bond motifs is 1. The minimum Gasteiger partial charge on any atom is -0.294 e. The molecule has 1 aromatic heterocycles. The number of pyridine rings is 1. The highest BCUT2D eigenvalue weighted by atomic mass is 32.2. The summed E-state index contributed by atoms with van der Waals surface area (Å²) in [6.07, 6.45) is 4.82. The van der Waals surface area contributed by atoms with Crippen LogP contribution in [0.15, 0.2) is 36.5 Å². The number of Topliss-reactive ketones (excluding diaryl/α,β-unsaturated/α-hetero) is 1. The smallest absolute Gasteiger partial charge is 0.163 e. The maximum atomic E-state index is 12.5. The molecule has 0 spiro atoms. The number of hydrogen-bond acceptors (Lipinski definition) is 3. The van der Waals surface area contributed by atoms with Gasteiger partial charge in [0.25, 0.3) is 0 Å². The van der Waals surface area contributed by atoms with Crippen LogP contribution in [-0.2, 0) is 0 Å². The highest BCUT2D eigenvalue weighted by Gasteiger charge is 2.19. The van der Waals surface area contributed by atoms with Crippen LogP contribution in [0, 0.1) is 5.92 Å². The van der Waals surface area contributed by atoms with Crippen LogP contribution >= 0.6 is 11.8 Å². The number of rotatable bonds is 3. The molecule has 2 nitrogen and oxygen atoms in total. The van der Waals surface area contributed by atoms with Gasteiger partial charge in [0.1, 0.15) is 0 Å². The lowest BCUT2D eigenvalue weighted by Crippen LogP contribution is -2.14. The van der Waals surface area contributed by atoms with Crippen molar-refractivity contribution in [3.63, 3.8) is 0 Å². The summed E-state index contributed by atoms with van der Waals surface area (Å²) in [5, 5.41) is 0.986. The van der Waals surface area contributed by atoms with Gasteiger partial charge in [-0.15, -0.1) is 0 Å². The van der Waals surface area contributed by atoms with Gasteiger partial charge in [0.05, 0.1) is 5.52 Å². The zero-order valence-corrected chi connectivity index (χ0v) is 11.7. The van der Waals surface area contributed by atoms with Gasteiger partial charge in [-0.1, -0.05) is 18.2 Å². The van der Waals surface area contributed by atoms with Crippen LogP contribution in [0.4, 0.5) is 0 Å². The first kappa shape index (κ1) is 12.7. The largest absolute Gasteiger partial charge is 0.294 e. The Labute approximate surface area is 117 Å². The Bertz CT molecular complexity index is 585. The molecule has 0 saturated carbocycles. The molecule has 1 aliphatic rings. The molecule has 0 unspecified atom stereocenters. The molecular formula is C16H17NOS. The molecule has 19 heavy (non-hydrogen) atoms. The Balaban J connectivity index is 1.85. The number of ketones is 1. The lowest BCUT2D eigenvalue weighted by atomic mass is 9.92. The second kappa shape index (κ2) is 5.74. The van der Waals surface area contributed by atoms with Gasteiger partial charge < -0.3 is 0 Å². The highest BCUT2D eigenvalue weighted by molar-refractivity contribution is 7.99. The van der Waals surface area contributed by atoms with Crippen molar-refractivity contribution in [3.8, 4) is 0 Å². The van der Waals surface area contributed by atoms with Crippen molar-refractivity contribution in [1.29, 1.82) is 0 Å². The predicted molar refractivity (Wildman–Crippen MR) is 80.7 cm³/mol. The fourth-order valence-corrected chi connectivity index (χ4v) is 3.87. The molecule has 3 rings (SSSR count). The molecule has 2 heterocycles. The summed E-state index contributed by atoms with van der Waals surface area (Å²) in [5.74, 6) is 3.25. The van der Waals surface area contributed by atoms with Gasteiger partial charge in [0, 0.05) is 23.6 Å². The normalized spacial score (nSPS) is 16.6. The Kier molecular flexibility index (Phi) is 3.83. The quantitative estimate of drug-likeness (QED) is 0.792. The van der Waals surface area contributed by atoms with Crippen LogP contribution in [0.2, 0.25) is 0 Å². The van der Waals surface area contributed by atoms with E-state index in [0.717, 1.165) is 16.5 Å². The van der Waals surface area contributed by atoms with E-state index in [1.165, 1.54) is 24.3 Å². The molecule has 0 radical (unpaired) electrons. The molecule has 0 N–H and O–H groups in total. The minimum atomic E-state index is 0.274. The fraction of sp³-hybridized carbons (Fsp3) is 0.375. The second-order valence-corrected chi connectivity index (χ2v) is 6.28. The lowest BCUT2D eigenvalue weighted by molar-refractivity contribution is 0.0960. The maximum absolute atomic E-state index is 12.5. The van der Waals surface area contributed by atoms with Gasteiger partial charge in [0.15, 0.2) is 5.78 Å². The molecule has 1 aliphatic heterocycles. The van der Waals surface area contributed by atoms with Gasteiger partial charge in [-0.2, -0.15) is 11.8 Å². The number of hydrogen-bond donors (Lipinski definition) is 0. The molecule has 2 aromatic rings. The fourth-order valence-electron chi connectivity index (χ4n) is 2.67. The molecule has 0 amide bonds. The molecule has 0 aliphatic carbocycles. The summed E-state index contributed by atoms with van der Waals surface area (Å²) in [6.45, 7) is 0. The molecule has 3 heteroatoms. The van der Waals surface area contributed by atoms with Gasteiger partial charge in [0.2, 0.25) is 0 Å². The van der Waals surface area contributed by atoms with E-state index in [2.05, 4.69) is 4.98 Å². The van der Waals surface area contributed by atoms with Crippen LogP contribution in [0.25, 0.3) is 10.9 Å². The molecule has 1 fully saturated rings. The van der Waals surface area contributed by atoms with E-state index >= 15 is 0 Å². The Morgan fingerprint density at radius 1 is 1.21 bits per heavy atom. The third kappa shape index (κ3) is 2.81. The van der Waals surface area contributed by atoms with Crippen LogP contribution in [0.5, 0.6) is 0 Å². The van der Waals surface area contributed by atoms with Gasteiger partial charge in [-0.25, -0.2) is 0 Å². The van der Waals surface area contributed by atoms with Crippen molar-refractivity contribution < 1.29 is 4.79 Å². The molecule has 0 bridgehead atoms. The molecule has 0 atom stereocenters. The zero-order chi connectivity index (χ0) is 13.1. The minimum absolute atomic E-state index is 0.274. The van der Waals surface area contributed by atoms with Crippen molar-refractivity contribution >= 4 is 28.4 Å². The van der Waals surface area contributed by atoms with Crippen molar-refractivity contribution in [2.24, 2.45) is 5.92 Å². The highest BCUT2D eigenvalue weighted by Crippen LogP contribution is 2.27. The number of benzene rings is 1. The van der Waals surface area contributed by atoms with Crippen molar-refractivity contribution in [3.05, 3.63) is 42.1 Å². The number of carbonyl (C=O) groups is 1. The van der Waals surface area contributed by atoms with Gasteiger partial charge in [-0.05, 0) is 42.4 Å². The number of aromatic nitrogens is 1. The van der Waals surface area contributed by atoms with Crippen molar-refractivity contribution in [2.75, 3.05) is 11.5 Å². The van der Waals surface area contributed by atoms with E-state index in [1.807, 2.05) is 42.1 Å². The summed E-state index contributed by atoms with van der Waals surface area (Å²) in [5.41, 5.74) is 1.75. The predicted octanol–water partition coefficient (Wildman–Crippen LogP) is 3.95. The number of carbonyl (C=O) groups excluding carboxylic acids is 1. The number of thioether (sulfide) groups is 1. The molecule has 98 valence electrons. The third-order valence-corrected chi connectivity index (χ3v) is 4.81. The SMILES string of the molecule is O=C(CC1CCSCC1)c1cccc2ncccc12. The van der Waals surface area contributed by atoms with E-state index < -0.39 is 0 Å². The standard InChI is InChI=1S/C16H17NOS/c18-16(11-12-6-9-19-10-7-12)14-3-1-5-15-13(14)4-2-8-17-15/h1-5,8,12H,6-7,9-11H2. The first-order valence-corrected chi connectivity index (χ1v) is 7.95. The average molecular weight is 271 g/mol. The summed E-state index contributed by atoms with van der Waals surface area (Å²) in [6, 6.07) is 9.72. The zero-order valence-electron chi connectivity index (χ0n) is 10.8. The molecule has 1 aromatic carbocycles. The van der Waals surface area contributed by atoms with Gasteiger partial charge >= 0.3 is 0 Å². The first-order valence-electron chi connectivity index (χ1n) is 6.79. The van der Waals surface area contributed by atoms with E-state index in [9.17, 15) is 4.79 Å². The van der Waals surface area contributed by atoms with E-state index in [4.69, 9.17) is 0 Å². The lowest BCUT2D eigenvalue weighted by Gasteiger charge is -2.20. The first-order chi connectivity index (χ1) is 9.34. The van der Waals surface area contributed by atoms with Crippen LogP contribution < -0.4 is 0 Å². The van der Waals surface area contributed by atoms with Crippen LogP contribution in [0.3, 0.4) is 0 Å². The van der Waals surface area contributed by atoms with Crippen molar-refractivity contribution in [1.82, 2.24) is 4.98 Å². The molecule has 1 saturated heterocycles. The van der Waals surface area contributed by atoms with Crippen LogP contribution in [-0.4, -0.2) is 22.3 Å². The van der Waals surface area contributed by atoms with Crippen molar-refractivity contribution in [2.45, 2.75) is 19.3 Å². The number of nitrogens with zero attached hydrogens (tertiary/aromatic N) is 1. The third-order valence-electron chi connectivity index (χ3n) is 3.76. The second-order valence-electron chi connectivity index (χ2n) is 5.06. The monoisotopic (exact) mass is 271 g/mol. The van der Waals surface area contributed by atoms with E-state index in [1.54, 1.807) is 6.20 Å². The van der Waals surface area contributed by atoms with E-state index in [-0.39, 0.29) is 5.78 Å². The topological polar surface area (TPSA) is 30.0 Å². The Morgan fingerprint density at radius 3 is 2.89 bits per heavy atom. The van der Waals surface area contributed by atoms with Gasteiger partial charge in [-0.3, -0.25) is 9.78 Å². The van der Waals surface area contributed by atoms with E-state index in [0.29, 0.717) is 12.3 Å². The van der Waals surface area contributed by atoms with Crippen LogP contribution in [0.1, 0.15) is 29.6 Å². The average Bonchev–Trinajstić information content (AvgIpc) is 2.47. The summed E-state index contributed by atoms with van der Waals surface area (Å²) >= 11 is 2.00. The summed E-state index contributed by atoms with van der Waals surface area (Å²) in [4.78, 5) is 16.8. The molecular weight excluding hydrogens is 254 g/mol. The Hall–Kier alpha value is -1.35. The maximum Gasteiger partial charge on any atom is 0.163 e. The summed E-state index contributed by atoms with van der Waals surface area (Å²) < 4.78 is 0. The summed E-state index contributed by atoms with van der Waals surface area (Å²) in [7, 11) is 0. The Morgan fingerprint density at radius 2 is 2.05 bits per heavy atom.